The minimum absolute atomic E-state index is 0.304. The van der Waals surface area contributed by atoms with Gasteiger partial charge >= 0.3 is 7.32 Å². The summed E-state index contributed by atoms with van der Waals surface area (Å²) in [6.07, 6.45) is 0. The van der Waals surface area contributed by atoms with E-state index >= 15 is 0 Å². The van der Waals surface area contributed by atoms with Crippen molar-refractivity contribution in [2.75, 3.05) is 0 Å². The van der Waals surface area contributed by atoms with Gasteiger partial charge in [-0.1, -0.05) is 0 Å². The van der Waals surface area contributed by atoms with Crippen LogP contribution in [0.1, 0.15) is 5.56 Å². The van der Waals surface area contributed by atoms with Gasteiger partial charge in [0.25, 0.3) is 0 Å². The summed E-state index contributed by atoms with van der Waals surface area (Å²) >= 11 is 0. The molecule has 0 bridgehead atoms. The summed E-state index contributed by atoms with van der Waals surface area (Å²) in [7, 11) is -1.25. The molecule has 0 aliphatic rings. The van der Waals surface area contributed by atoms with Crippen LogP contribution in [0.2, 0.25) is 0 Å². The Hall–Kier alpha value is -3.09. The van der Waals surface area contributed by atoms with Crippen LogP contribution in [0.4, 0.5) is 13.2 Å². The Morgan fingerprint density at radius 3 is 1.54 bits per heavy atom. The number of aryl methyl sites for hydroxylation is 1. The van der Waals surface area contributed by atoms with E-state index in [0.29, 0.717) is 22.8 Å². The van der Waals surface area contributed by atoms with Gasteiger partial charge in [-0.05, 0) is 79.2 Å². The molecule has 3 rings (SSSR count). The Bertz CT molecular complexity index is 823. The Morgan fingerprint density at radius 1 is 0.615 bits per heavy atom. The van der Waals surface area contributed by atoms with Crippen molar-refractivity contribution in [2.24, 2.45) is 0 Å². The van der Waals surface area contributed by atoms with E-state index in [1.807, 2.05) is 0 Å². The molecular weight excluding hydrogens is 344 g/mol. The third-order valence-corrected chi connectivity index (χ3v) is 3.45. The first-order valence-corrected chi connectivity index (χ1v) is 7.77. The molecule has 0 aliphatic heterocycles. The Morgan fingerprint density at radius 2 is 1.08 bits per heavy atom. The molecule has 3 nitrogen and oxygen atoms in total. The van der Waals surface area contributed by atoms with Crippen LogP contribution < -0.4 is 14.0 Å². The number of hydrogen-bond acceptors (Lipinski definition) is 3. The molecule has 0 aliphatic carbocycles. The zero-order valence-corrected chi connectivity index (χ0v) is 13.8. The van der Waals surface area contributed by atoms with E-state index in [1.54, 1.807) is 6.92 Å². The maximum absolute atomic E-state index is 13.3. The maximum atomic E-state index is 13.3. The zero-order valence-electron chi connectivity index (χ0n) is 13.8. The molecule has 0 N–H and O–H groups in total. The topological polar surface area (TPSA) is 27.7 Å². The van der Waals surface area contributed by atoms with Crippen molar-refractivity contribution in [1.29, 1.82) is 0 Å². The Labute approximate surface area is 149 Å². The van der Waals surface area contributed by atoms with Gasteiger partial charge in [0.1, 0.15) is 34.7 Å². The minimum atomic E-state index is -1.25. The first kappa shape index (κ1) is 17.7. The van der Waals surface area contributed by atoms with Crippen molar-refractivity contribution < 1.29 is 27.1 Å². The van der Waals surface area contributed by atoms with Crippen LogP contribution in [-0.4, -0.2) is 7.32 Å². The van der Waals surface area contributed by atoms with Crippen molar-refractivity contribution in [1.82, 2.24) is 0 Å². The summed E-state index contributed by atoms with van der Waals surface area (Å²) in [6.45, 7) is 1.67. The van der Waals surface area contributed by atoms with Gasteiger partial charge in [0.15, 0.2) is 0 Å². The van der Waals surface area contributed by atoms with E-state index in [0.717, 1.165) is 0 Å². The fourth-order valence-corrected chi connectivity index (χ4v) is 2.17. The molecule has 0 unspecified atom stereocenters. The molecule has 26 heavy (non-hydrogen) atoms. The summed E-state index contributed by atoms with van der Waals surface area (Å²) in [5.74, 6) is -0.269. The Balaban J connectivity index is 1.82. The molecule has 7 heteroatoms. The lowest BCUT2D eigenvalue weighted by Gasteiger charge is -2.17. The van der Waals surface area contributed by atoms with Crippen LogP contribution in [0.3, 0.4) is 0 Å². The summed E-state index contributed by atoms with van der Waals surface area (Å²) in [5.41, 5.74) is 0.542. The number of benzene rings is 3. The van der Waals surface area contributed by atoms with Gasteiger partial charge < -0.3 is 14.0 Å². The predicted octanol–water partition coefficient (Wildman–Crippen LogP) is 4.93. The average molecular weight is 358 g/mol. The van der Waals surface area contributed by atoms with Crippen LogP contribution in [0, 0.1) is 24.4 Å². The second kappa shape index (κ2) is 7.86. The van der Waals surface area contributed by atoms with E-state index in [4.69, 9.17) is 14.0 Å². The molecule has 0 radical (unpaired) electrons. The molecule has 3 aromatic carbocycles. The summed E-state index contributed by atoms with van der Waals surface area (Å²) in [6, 6.07) is 14.6. The second-order valence-electron chi connectivity index (χ2n) is 5.46. The predicted molar refractivity (Wildman–Crippen MR) is 91.6 cm³/mol. The van der Waals surface area contributed by atoms with Crippen LogP contribution in [-0.2, 0) is 0 Å². The summed E-state index contributed by atoms with van der Waals surface area (Å²) < 4.78 is 56.2. The van der Waals surface area contributed by atoms with Gasteiger partial charge in [0.05, 0.1) is 0 Å². The number of hydrogen-bond donors (Lipinski definition) is 0. The first-order chi connectivity index (χ1) is 12.5. The van der Waals surface area contributed by atoms with Crippen molar-refractivity contribution in [3.8, 4) is 17.2 Å². The van der Waals surface area contributed by atoms with Crippen LogP contribution in [0.25, 0.3) is 0 Å². The highest BCUT2D eigenvalue weighted by Gasteiger charge is 2.31. The quantitative estimate of drug-likeness (QED) is 0.585. The third-order valence-electron chi connectivity index (χ3n) is 3.45. The fraction of sp³-hybridized carbons (Fsp3) is 0.0526. The van der Waals surface area contributed by atoms with E-state index in [2.05, 4.69) is 0 Å². The van der Waals surface area contributed by atoms with E-state index in [1.165, 1.54) is 66.7 Å². The molecule has 0 aromatic heterocycles. The smallest absolute Gasteiger partial charge is 0.490 e. The highest BCUT2D eigenvalue weighted by Crippen LogP contribution is 2.22. The van der Waals surface area contributed by atoms with Crippen molar-refractivity contribution in [2.45, 2.75) is 6.92 Å². The summed E-state index contributed by atoms with van der Waals surface area (Å²) in [4.78, 5) is 0. The number of halogens is 3. The summed E-state index contributed by atoms with van der Waals surface area (Å²) in [5, 5.41) is 0. The molecule has 0 amide bonds. The third kappa shape index (κ3) is 4.72. The van der Waals surface area contributed by atoms with Gasteiger partial charge in [-0.2, -0.15) is 0 Å². The van der Waals surface area contributed by atoms with E-state index in [9.17, 15) is 13.2 Å². The second-order valence-corrected chi connectivity index (χ2v) is 5.46. The van der Waals surface area contributed by atoms with E-state index < -0.39 is 24.8 Å². The van der Waals surface area contributed by atoms with Gasteiger partial charge in [-0.25, -0.2) is 13.2 Å². The largest absolute Gasteiger partial charge is 0.864 e. The average Bonchev–Trinajstić information content (AvgIpc) is 2.61. The lowest BCUT2D eigenvalue weighted by molar-refractivity contribution is 0.306. The van der Waals surface area contributed by atoms with Crippen molar-refractivity contribution in [3.05, 3.63) is 89.7 Å². The normalized spacial score (nSPS) is 10.3. The molecular formula is C19H14BF3O3. The van der Waals surface area contributed by atoms with Gasteiger partial charge in [0.2, 0.25) is 0 Å². The molecule has 0 saturated heterocycles. The van der Waals surface area contributed by atoms with Crippen LogP contribution in [0.5, 0.6) is 17.2 Å². The SMILES string of the molecule is Cc1cc(F)ccc1OB(Oc1ccc(F)cc1)Oc1ccc(F)cc1. The minimum Gasteiger partial charge on any atom is -0.490 e. The first-order valence-electron chi connectivity index (χ1n) is 7.77. The lowest BCUT2D eigenvalue weighted by atomic mass is 10.1. The highest BCUT2D eigenvalue weighted by molar-refractivity contribution is 6.39. The number of rotatable bonds is 6. The molecule has 132 valence electrons. The Kier molecular flexibility index (Phi) is 5.36. The van der Waals surface area contributed by atoms with Crippen LogP contribution >= 0.6 is 0 Å². The van der Waals surface area contributed by atoms with Gasteiger partial charge in [-0.3, -0.25) is 0 Å². The van der Waals surface area contributed by atoms with Crippen molar-refractivity contribution in [3.63, 3.8) is 0 Å². The molecule has 0 heterocycles. The maximum Gasteiger partial charge on any atom is 0.864 e. The van der Waals surface area contributed by atoms with Crippen molar-refractivity contribution >= 4 is 7.32 Å². The van der Waals surface area contributed by atoms with E-state index in [-0.39, 0.29) is 0 Å². The fourth-order valence-electron chi connectivity index (χ4n) is 2.17. The molecule has 0 spiro atoms. The van der Waals surface area contributed by atoms with Gasteiger partial charge in [0, 0.05) is 0 Å². The van der Waals surface area contributed by atoms with Gasteiger partial charge in [-0.15, -0.1) is 0 Å². The molecule has 0 saturated carbocycles. The molecule has 0 atom stereocenters. The standard InChI is InChI=1S/C19H14BF3O3/c1-13-12-16(23)6-11-19(13)26-20(24-17-7-2-14(21)3-8-17)25-18-9-4-15(22)5-10-18/h2-12H,1H3. The zero-order chi connectivity index (χ0) is 18.5. The monoisotopic (exact) mass is 358 g/mol. The lowest BCUT2D eigenvalue weighted by Crippen LogP contribution is -2.37. The molecule has 0 fully saturated rings. The van der Waals surface area contributed by atoms with Crippen LogP contribution in [0.15, 0.2) is 66.7 Å². The highest BCUT2D eigenvalue weighted by atomic mass is 19.1. The molecule has 3 aromatic rings.